The average Bonchev–Trinajstić information content (AvgIpc) is 2.37. The molecule has 0 aliphatic carbocycles. The van der Waals surface area contributed by atoms with E-state index in [1.165, 1.54) is 0 Å². The van der Waals surface area contributed by atoms with Crippen LogP contribution >= 0.6 is 7.80 Å². The van der Waals surface area contributed by atoms with Crippen LogP contribution in [0.15, 0.2) is 24.5 Å². The predicted molar refractivity (Wildman–Crippen MR) is 66.8 cm³/mol. The first-order valence-electron chi connectivity index (χ1n) is 5.67. The molecule has 1 aromatic heterocycles. The summed E-state index contributed by atoms with van der Waals surface area (Å²) < 4.78 is 16.5. The van der Waals surface area contributed by atoms with Crippen LogP contribution in [0.5, 0.6) is 0 Å². The van der Waals surface area contributed by atoms with Gasteiger partial charge < -0.3 is 4.74 Å². The van der Waals surface area contributed by atoms with Crippen molar-refractivity contribution in [2.45, 2.75) is 19.8 Å². The molecule has 92 valence electrons. The molecule has 0 aliphatic heterocycles. The van der Waals surface area contributed by atoms with Gasteiger partial charge in [-0.15, -0.1) is 0 Å². The van der Waals surface area contributed by atoms with Gasteiger partial charge in [-0.1, -0.05) is 4.57 Å². The largest absolute Gasteiger partial charge is 0.366 e. The standard InChI is InChI=1S/C12H17NO3P/c1-2-16-10-17(15)8-4-6-12(14)11-5-3-7-13-9-11/h3,5,7,9H,2,4,6,8,10H2,1H3/q+1. The molecule has 0 saturated heterocycles. The first-order valence-corrected chi connectivity index (χ1v) is 7.30. The molecule has 1 aromatic rings. The number of pyridine rings is 1. The maximum Gasteiger partial charge on any atom is 0.366 e. The van der Waals surface area contributed by atoms with Crippen molar-refractivity contribution < 1.29 is 14.1 Å². The number of Topliss-reactive ketones (excluding diaryl/α,β-unsaturated/α-hetero) is 1. The van der Waals surface area contributed by atoms with E-state index in [9.17, 15) is 9.36 Å². The summed E-state index contributed by atoms with van der Waals surface area (Å²) in [5, 5.41) is 0. The van der Waals surface area contributed by atoms with E-state index in [0.717, 1.165) is 0 Å². The quantitative estimate of drug-likeness (QED) is 0.528. The Bertz CT molecular complexity index is 367. The van der Waals surface area contributed by atoms with E-state index in [0.29, 0.717) is 37.5 Å². The van der Waals surface area contributed by atoms with Gasteiger partial charge in [0.25, 0.3) is 0 Å². The van der Waals surface area contributed by atoms with Gasteiger partial charge in [0.2, 0.25) is 6.35 Å². The smallest absolute Gasteiger partial charge is 0.338 e. The highest BCUT2D eigenvalue weighted by Gasteiger charge is 2.15. The van der Waals surface area contributed by atoms with Gasteiger partial charge in [-0.3, -0.25) is 9.78 Å². The topological polar surface area (TPSA) is 56.3 Å². The number of aromatic nitrogens is 1. The highest BCUT2D eigenvalue weighted by atomic mass is 31.1. The Morgan fingerprint density at radius 1 is 1.53 bits per heavy atom. The number of nitrogens with zero attached hydrogens (tertiary/aromatic N) is 1. The van der Waals surface area contributed by atoms with Crippen molar-refractivity contribution in [1.82, 2.24) is 4.98 Å². The Morgan fingerprint density at radius 3 is 3.00 bits per heavy atom. The minimum Gasteiger partial charge on any atom is -0.338 e. The predicted octanol–water partition coefficient (Wildman–Crippen LogP) is 2.87. The Morgan fingerprint density at radius 2 is 2.35 bits per heavy atom. The first kappa shape index (κ1) is 13.9. The summed E-state index contributed by atoms with van der Waals surface area (Å²) >= 11 is 0. The van der Waals surface area contributed by atoms with E-state index in [1.807, 2.05) is 6.92 Å². The van der Waals surface area contributed by atoms with Gasteiger partial charge in [0.15, 0.2) is 5.78 Å². The van der Waals surface area contributed by atoms with Crippen molar-refractivity contribution in [3.63, 3.8) is 0 Å². The van der Waals surface area contributed by atoms with Gasteiger partial charge in [-0.25, -0.2) is 0 Å². The lowest BCUT2D eigenvalue weighted by atomic mass is 10.1. The molecule has 1 heterocycles. The molecule has 0 aromatic carbocycles. The van der Waals surface area contributed by atoms with Crippen LogP contribution in [0.3, 0.4) is 0 Å². The molecule has 0 saturated carbocycles. The van der Waals surface area contributed by atoms with Crippen molar-refractivity contribution in [1.29, 1.82) is 0 Å². The normalized spacial score (nSPS) is 11.2. The van der Waals surface area contributed by atoms with Crippen LogP contribution in [0.1, 0.15) is 30.1 Å². The Balaban J connectivity index is 2.23. The van der Waals surface area contributed by atoms with Gasteiger partial charge in [0, 0.05) is 31.0 Å². The van der Waals surface area contributed by atoms with Crippen molar-refractivity contribution in [2.24, 2.45) is 0 Å². The Kier molecular flexibility index (Phi) is 6.60. The third-order valence-corrected chi connectivity index (χ3v) is 3.52. The lowest BCUT2D eigenvalue weighted by Gasteiger charge is -1.97. The summed E-state index contributed by atoms with van der Waals surface area (Å²) in [6, 6.07) is 3.48. The highest BCUT2D eigenvalue weighted by molar-refractivity contribution is 7.44. The van der Waals surface area contributed by atoms with E-state index in [4.69, 9.17) is 4.74 Å². The summed E-state index contributed by atoms with van der Waals surface area (Å²) in [4.78, 5) is 15.6. The molecule has 0 amide bonds. The minimum atomic E-state index is -1.33. The van der Waals surface area contributed by atoms with Crippen LogP contribution in [-0.2, 0) is 9.30 Å². The van der Waals surface area contributed by atoms with Crippen LogP contribution in [0.4, 0.5) is 0 Å². The van der Waals surface area contributed by atoms with Crippen molar-refractivity contribution in [2.75, 3.05) is 19.1 Å². The van der Waals surface area contributed by atoms with Gasteiger partial charge >= 0.3 is 7.80 Å². The summed E-state index contributed by atoms with van der Waals surface area (Å²) in [6.45, 7) is 2.45. The summed E-state index contributed by atoms with van der Waals surface area (Å²) in [5.74, 6) is 0.0536. The SMILES string of the molecule is CCOC[P+](=O)CCCC(=O)c1cccnc1. The van der Waals surface area contributed by atoms with Crippen molar-refractivity contribution in [3.8, 4) is 0 Å². The summed E-state index contributed by atoms with van der Waals surface area (Å²) in [6.07, 6.45) is 5.08. The molecule has 0 spiro atoms. The monoisotopic (exact) mass is 254 g/mol. The van der Waals surface area contributed by atoms with Crippen LogP contribution in [0, 0.1) is 0 Å². The van der Waals surface area contributed by atoms with Crippen LogP contribution in [-0.4, -0.2) is 29.9 Å². The molecule has 0 fully saturated rings. The molecule has 4 nitrogen and oxygen atoms in total. The van der Waals surface area contributed by atoms with Crippen molar-refractivity contribution in [3.05, 3.63) is 30.1 Å². The summed E-state index contributed by atoms with van der Waals surface area (Å²) in [5.41, 5.74) is 0.618. The van der Waals surface area contributed by atoms with Gasteiger partial charge in [-0.05, 0) is 25.5 Å². The first-order chi connectivity index (χ1) is 8.24. The second-order valence-corrected chi connectivity index (χ2v) is 5.26. The number of ether oxygens (including phenoxy) is 1. The molecule has 0 radical (unpaired) electrons. The minimum absolute atomic E-state index is 0.0536. The fraction of sp³-hybridized carbons (Fsp3) is 0.500. The van der Waals surface area contributed by atoms with Gasteiger partial charge in [-0.2, -0.15) is 0 Å². The second kappa shape index (κ2) is 8.04. The maximum atomic E-state index is 11.7. The highest BCUT2D eigenvalue weighted by Crippen LogP contribution is 2.22. The fourth-order valence-corrected chi connectivity index (χ4v) is 2.37. The van der Waals surface area contributed by atoms with Gasteiger partial charge in [0.05, 0.1) is 0 Å². The lowest BCUT2D eigenvalue weighted by molar-refractivity contribution is 0.0981. The molecular formula is C12H17NO3P+. The number of carbonyl (C=O) groups excluding carboxylic acids is 1. The molecule has 1 rings (SSSR count). The van der Waals surface area contributed by atoms with E-state index >= 15 is 0 Å². The molecule has 0 bridgehead atoms. The summed E-state index contributed by atoms with van der Waals surface area (Å²) in [7, 11) is -1.33. The number of carbonyl (C=O) groups is 1. The molecular weight excluding hydrogens is 237 g/mol. The van der Waals surface area contributed by atoms with Crippen LogP contribution in [0.2, 0.25) is 0 Å². The molecule has 5 heteroatoms. The lowest BCUT2D eigenvalue weighted by Crippen LogP contribution is -2.00. The number of hydrogen-bond donors (Lipinski definition) is 0. The van der Waals surface area contributed by atoms with E-state index in [1.54, 1.807) is 24.5 Å². The van der Waals surface area contributed by atoms with Crippen LogP contribution < -0.4 is 0 Å². The zero-order chi connectivity index (χ0) is 12.5. The number of hydrogen-bond acceptors (Lipinski definition) is 4. The van der Waals surface area contributed by atoms with Gasteiger partial charge in [0.1, 0.15) is 6.16 Å². The van der Waals surface area contributed by atoms with E-state index < -0.39 is 7.80 Å². The molecule has 1 atom stereocenters. The molecule has 1 unspecified atom stereocenters. The zero-order valence-corrected chi connectivity index (χ0v) is 10.9. The Labute approximate surface area is 102 Å². The average molecular weight is 254 g/mol. The Hall–Kier alpha value is -1.12. The third-order valence-electron chi connectivity index (χ3n) is 2.23. The number of ketones is 1. The second-order valence-electron chi connectivity index (χ2n) is 3.60. The zero-order valence-electron chi connectivity index (χ0n) is 9.96. The van der Waals surface area contributed by atoms with E-state index in [2.05, 4.69) is 4.98 Å². The fourth-order valence-electron chi connectivity index (χ4n) is 1.35. The molecule has 0 N–H and O–H groups in total. The maximum absolute atomic E-state index is 11.7. The molecule has 17 heavy (non-hydrogen) atoms. The van der Waals surface area contributed by atoms with E-state index in [-0.39, 0.29) is 5.78 Å². The third kappa shape index (κ3) is 5.66. The van der Waals surface area contributed by atoms with Crippen molar-refractivity contribution >= 4 is 13.6 Å². The van der Waals surface area contributed by atoms with Crippen LogP contribution in [0.25, 0.3) is 0 Å². The number of rotatable bonds is 8. The molecule has 0 aliphatic rings.